The first-order chi connectivity index (χ1) is 18.0. The van der Waals surface area contributed by atoms with Gasteiger partial charge in [0.15, 0.2) is 0 Å². The van der Waals surface area contributed by atoms with E-state index in [0.29, 0.717) is 30.3 Å². The number of nitrogens with one attached hydrogen (secondary N) is 2. The number of ether oxygens (including phenoxy) is 1. The van der Waals surface area contributed by atoms with Crippen LogP contribution in [0.3, 0.4) is 0 Å². The summed E-state index contributed by atoms with van der Waals surface area (Å²) >= 11 is 0. The molecule has 1 heterocycles. The highest BCUT2D eigenvalue weighted by atomic mass is 19.1. The molecular formula is C30H36FN3O3. The van der Waals surface area contributed by atoms with Crippen LogP contribution in [-0.4, -0.2) is 54.9 Å². The monoisotopic (exact) mass is 505 g/mol. The first kappa shape index (κ1) is 26.6. The van der Waals surface area contributed by atoms with Crippen molar-refractivity contribution in [3.8, 4) is 5.75 Å². The van der Waals surface area contributed by atoms with E-state index in [-0.39, 0.29) is 11.8 Å². The number of rotatable bonds is 10. The Labute approximate surface area is 218 Å². The van der Waals surface area contributed by atoms with E-state index in [1.807, 2.05) is 54.6 Å². The molecular weight excluding hydrogens is 469 g/mol. The fourth-order valence-corrected chi connectivity index (χ4v) is 4.91. The summed E-state index contributed by atoms with van der Waals surface area (Å²) in [6.07, 6.45) is 2.78. The largest absolute Gasteiger partial charge is 0.497 e. The molecule has 7 heteroatoms. The molecule has 6 nitrogen and oxygen atoms in total. The number of piperidine rings is 1. The molecule has 0 saturated carbocycles. The highest BCUT2D eigenvalue weighted by Crippen LogP contribution is 2.23. The third-order valence-corrected chi connectivity index (χ3v) is 7.00. The van der Waals surface area contributed by atoms with Crippen molar-refractivity contribution in [3.63, 3.8) is 0 Å². The van der Waals surface area contributed by atoms with Crippen molar-refractivity contribution in [1.82, 2.24) is 10.2 Å². The number of nitrogens with zero attached hydrogens (tertiary/aromatic N) is 1. The first-order valence-corrected chi connectivity index (χ1v) is 12.9. The zero-order chi connectivity index (χ0) is 26.0. The average molecular weight is 506 g/mol. The van der Waals surface area contributed by atoms with Crippen LogP contribution in [-0.2, 0) is 12.8 Å². The third kappa shape index (κ3) is 8.30. The van der Waals surface area contributed by atoms with Crippen molar-refractivity contribution < 1.29 is 19.0 Å². The van der Waals surface area contributed by atoms with E-state index in [1.165, 1.54) is 12.1 Å². The van der Waals surface area contributed by atoms with Gasteiger partial charge in [-0.3, -0.25) is 0 Å². The summed E-state index contributed by atoms with van der Waals surface area (Å²) in [4.78, 5) is 15.1. The summed E-state index contributed by atoms with van der Waals surface area (Å²) in [7, 11) is 1.58. The minimum absolute atomic E-state index is 0.205. The lowest BCUT2D eigenvalue weighted by molar-refractivity contribution is 0.0659. The van der Waals surface area contributed by atoms with Gasteiger partial charge in [0.25, 0.3) is 0 Å². The number of anilines is 1. The molecule has 1 aliphatic rings. The Hall–Kier alpha value is -3.42. The second-order valence-electron chi connectivity index (χ2n) is 9.77. The van der Waals surface area contributed by atoms with Crippen LogP contribution < -0.4 is 15.4 Å². The quantitative estimate of drug-likeness (QED) is 0.367. The Morgan fingerprint density at radius 3 is 2.46 bits per heavy atom. The second kappa shape index (κ2) is 13.2. The van der Waals surface area contributed by atoms with Crippen LogP contribution in [0.25, 0.3) is 0 Å². The Morgan fingerprint density at radius 2 is 1.76 bits per heavy atom. The number of carbonyl (C=O) groups is 1. The highest BCUT2D eigenvalue weighted by molar-refractivity contribution is 5.89. The number of benzene rings is 3. The second-order valence-corrected chi connectivity index (χ2v) is 9.77. The molecule has 0 bridgehead atoms. The number of aliphatic hydroxyl groups is 1. The van der Waals surface area contributed by atoms with Crippen LogP contribution in [0.1, 0.15) is 24.0 Å². The van der Waals surface area contributed by atoms with E-state index in [2.05, 4.69) is 15.5 Å². The standard InChI is InChI=1S/C30H36FN3O3/c1-37-27-9-5-8-26(20-27)32-30(36)33-28(19-22-6-3-2-4-7-22)29(35)21-34-16-14-24(15-17-34)18-23-10-12-25(31)13-11-23/h2-13,20,24,28-29,35H,14-19,21H2,1H3,(H2,32,33,36). The molecule has 1 fully saturated rings. The highest BCUT2D eigenvalue weighted by Gasteiger charge is 2.27. The van der Waals surface area contributed by atoms with E-state index >= 15 is 0 Å². The summed E-state index contributed by atoms with van der Waals surface area (Å²) in [5, 5.41) is 17.0. The minimum Gasteiger partial charge on any atom is -0.497 e. The van der Waals surface area contributed by atoms with Gasteiger partial charge in [-0.25, -0.2) is 9.18 Å². The summed E-state index contributed by atoms with van der Waals surface area (Å²) in [6, 6.07) is 23.0. The SMILES string of the molecule is COc1cccc(NC(=O)NC(Cc2ccccc2)C(O)CN2CCC(Cc3ccc(F)cc3)CC2)c1. The number of β-amino-alcohol motifs (C(OH)–C–C–N with tert-alkyl or cyclic N) is 1. The van der Waals surface area contributed by atoms with Gasteiger partial charge in [-0.2, -0.15) is 0 Å². The maximum Gasteiger partial charge on any atom is 0.319 e. The molecule has 3 N–H and O–H groups in total. The Balaban J connectivity index is 1.33. The number of methoxy groups -OCH3 is 1. The number of likely N-dealkylation sites (tertiary alicyclic amines) is 1. The van der Waals surface area contributed by atoms with Crippen LogP contribution in [0, 0.1) is 11.7 Å². The number of amides is 2. The molecule has 0 aromatic heterocycles. The first-order valence-electron chi connectivity index (χ1n) is 12.9. The lowest BCUT2D eigenvalue weighted by Crippen LogP contribution is -2.51. The van der Waals surface area contributed by atoms with Gasteiger partial charge < -0.3 is 25.4 Å². The Kier molecular flexibility index (Phi) is 9.52. The van der Waals surface area contributed by atoms with E-state index in [4.69, 9.17) is 4.74 Å². The minimum atomic E-state index is -0.732. The van der Waals surface area contributed by atoms with Crippen molar-refractivity contribution in [3.05, 3.63) is 95.8 Å². The summed E-state index contributed by atoms with van der Waals surface area (Å²) in [5.41, 5.74) is 2.83. The Bertz CT molecular complexity index is 1120. The van der Waals surface area contributed by atoms with Gasteiger partial charge in [0.1, 0.15) is 11.6 Å². The van der Waals surface area contributed by atoms with Crippen molar-refractivity contribution in [2.75, 3.05) is 32.1 Å². The number of carbonyl (C=O) groups excluding carboxylic acids is 1. The number of urea groups is 1. The normalized spacial score (nSPS) is 16.1. The van der Waals surface area contributed by atoms with Crippen LogP contribution in [0.4, 0.5) is 14.9 Å². The van der Waals surface area contributed by atoms with Gasteiger partial charge in [0, 0.05) is 18.3 Å². The zero-order valence-electron chi connectivity index (χ0n) is 21.3. The predicted octanol–water partition coefficient (Wildman–Crippen LogP) is 4.88. The van der Waals surface area contributed by atoms with Gasteiger partial charge in [-0.1, -0.05) is 48.5 Å². The maximum absolute atomic E-state index is 13.2. The van der Waals surface area contributed by atoms with Crippen LogP contribution in [0.15, 0.2) is 78.9 Å². The molecule has 1 saturated heterocycles. The van der Waals surface area contributed by atoms with Crippen molar-refractivity contribution in [2.24, 2.45) is 5.92 Å². The topological polar surface area (TPSA) is 73.8 Å². The lowest BCUT2D eigenvalue weighted by Gasteiger charge is -2.35. The molecule has 4 rings (SSSR count). The van der Waals surface area contributed by atoms with Crippen molar-refractivity contribution in [2.45, 2.75) is 37.8 Å². The van der Waals surface area contributed by atoms with E-state index in [1.54, 1.807) is 19.2 Å². The van der Waals surface area contributed by atoms with Gasteiger partial charge in [-0.15, -0.1) is 0 Å². The molecule has 1 aliphatic heterocycles. The zero-order valence-corrected chi connectivity index (χ0v) is 21.3. The number of hydrogen-bond donors (Lipinski definition) is 3. The molecule has 0 aliphatic carbocycles. The molecule has 0 spiro atoms. The Morgan fingerprint density at radius 1 is 1.03 bits per heavy atom. The van der Waals surface area contributed by atoms with Crippen LogP contribution in [0.5, 0.6) is 5.75 Å². The summed E-state index contributed by atoms with van der Waals surface area (Å²) in [6.45, 7) is 2.26. The van der Waals surface area contributed by atoms with E-state index in [0.717, 1.165) is 43.5 Å². The van der Waals surface area contributed by atoms with E-state index < -0.39 is 12.1 Å². The predicted molar refractivity (Wildman–Crippen MR) is 144 cm³/mol. The fraction of sp³-hybridized carbons (Fsp3) is 0.367. The van der Waals surface area contributed by atoms with E-state index in [9.17, 15) is 14.3 Å². The molecule has 2 atom stereocenters. The molecule has 37 heavy (non-hydrogen) atoms. The molecule has 2 amide bonds. The lowest BCUT2D eigenvalue weighted by atomic mass is 9.90. The smallest absolute Gasteiger partial charge is 0.319 e. The third-order valence-electron chi connectivity index (χ3n) is 7.00. The fourth-order valence-electron chi connectivity index (χ4n) is 4.91. The van der Waals surface area contributed by atoms with Crippen LogP contribution in [0.2, 0.25) is 0 Å². The van der Waals surface area contributed by atoms with Gasteiger partial charge in [-0.05, 0) is 80.1 Å². The number of halogens is 1. The maximum atomic E-state index is 13.2. The van der Waals surface area contributed by atoms with Crippen molar-refractivity contribution in [1.29, 1.82) is 0 Å². The summed E-state index contributed by atoms with van der Waals surface area (Å²) < 4.78 is 18.4. The molecule has 3 aromatic rings. The molecule has 0 radical (unpaired) electrons. The average Bonchev–Trinajstić information content (AvgIpc) is 2.91. The summed E-state index contributed by atoms with van der Waals surface area (Å²) in [5.74, 6) is 0.996. The van der Waals surface area contributed by atoms with Gasteiger partial charge >= 0.3 is 6.03 Å². The van der Waals surface area contributed by atoms with Crippen LogP contribution >= 0.6 is 0 Å². The molecule has 3 aromatic carbocycles. The van der Waals surface area contributed by atoms with Crippen molar-refractivity contribution >= 4 is 11.7 Å². The molecule has 2 unspecified atom stereocenters. The number of hydrogen-bond acceptors (Lipinski definition) is 4. The van der Waals surface area contributed by atoms with Gasteiger partial charge in [0.2, 0.25) is 0 Å². The number of aliphatic hydroxyl groups excluding tert-OH is 1. The van der Waals surface area contributed by atoms with Gasteiger partial charge in [0.05, 0.1) is 19.3 Å². The molecule has 196 valence electrons.